The second-order valence-electron chi connectivity index (χ2n) is 5.75. The lowest BCUT2D eigenvalue weighted by molar-refractivity contribution is -0.119. The van der Waals surface area contributed by atoms with Crippen LogP contribution < -0.4 is 0 Å². The zero-order valence-corrected chi connectivity index (χ0v) is 13.6. The van der Waals surface area contributed by atoms with Gasteiger partial charge in [-0.2, -0.15) is 0 Å². The van der Waals surface area contributed by atoms with Crippen molar-refractivity contribution in [1.29, 1.82) is 0 Å². The molecule has 0 saturated heterocycles. The molecule has 118 valence electrons. The van der Waals surface area contributed by atoms with E-state index in [1.54, 1.807) is 12.3 Å². The fourth-order valence-corrected chi connectivity index (χ4v) is 3.43. The number of fused-ring (bicyclic) bond motifs is 1. The summed E-state index contributed by atoms with van der Waals surface area (Å²) in [6.45, 7) is 3.21. The molecule has 1 aliphatic rings. The molecule has 2 heterocycles. The molecule has 0 radical (unpaired) electrons. The van der Waals surface area contributed by atoms with Gasteiger partial charge in [-0.3, -0.25) is 9.36 Å². The van der Waals surface area contributed by atoms with Gasteiger partial charge in [0.2, 0.25) is 0 Å². The summed E-state index contributed by atoms with van der Waals surface area (Å²) in [6, 6.07) is 1.49. The van der Waals surface area contributed by atoms with Gasteiger partial charge >= 0.3 is 6.03 Å². The van der Waals surface area contributed by atoms with Crippen molar-refractivity contribution in [3.05, 3.63) is 23.5 Å². The summed E-state index contributed by atoms with van der Waals surface area (Å²) in [5, 5.41) is 0. The van der Waals surface area contributed by atoms with Crippen LogP contribution in [0.4, 0.5) is 4.79 Å². The van der Waals surface area contributed by atoms with Crippen molar-refractivity contribution in [2.75, 3.05) is 12.8 Å². The van der Waals surface area contributed by atoms with E-state index in [9.17, 15) is 18.0 Å². The van der Waals surface area contributed by atoms with Gasteiger partial charge < -0.3 is 4.90 Å². The van der Waals surface area contributed by atoms with Crippen LogP contribution in [0.15, 0.2) is 12.3 Å². The van der Waals surface area contributed by atoms with Gasteiger partial charge in [0.25, 0.3) is 0 Å². The maximum Gasteiger partial charge on any atom is 0.328 e. The van der Waals surface area contributed by atoms with Crippen molar-refractivity contribution in [3.8, 4) is 12.3 Å². The number of carbonyl (C=O) groups excluding carboxylic acids is 2. The van der Waals surface area contributed by atoms with Crippen LogP contribution in [0, 0.1) is 12.3 Å². The van der Waals surface area contributed by atoms with Crippen LogP contribution in [0.25, 0.3) is 0 Å². The van der Waals surface area contributed by atoms with Crippen LogP contribution in [-0.2, 0) is 21.2 Å². The number of amides is 1. The summed E-state index contributed by atoms with van der Waals surface area (Å²) in [4.78, 5) is 25.5. The molecule has 1 aliphatic heterocycles. The number of hydrogen-bond donors (Lipinski definition) is 0. The molecule has 0 fully saturated rings. The first-order valence-corrected chi connectivity index (χ1v) is 8.67. The van der Waals surface area contributed by atoms with Crippen LogP contribution in [0.2, 0.25) is 0 Å². The minimum absolute atomic E-state index is 0.0692. The zero-order chi connectivity index (χ0) is 16.7. The molecule has 1 aromatic rings. The molecule has 6 nitrogen and oxygen atoms in total. The lowest BCUT2D eigenvalue weighted by Gasteiger charge is -2.27. The second-order valence-corrected chi connectivity index (χ2v) is 8.19. The van der Waals surface area contributed by atoms with Gasteiger partial charge in [-0.05, 0) is 26.3 Å². The fraction of sp³-hybridized carbons (Fsp3) is 0.467. The average molecular weight is 322 g/mol. The molecule has 7 heteroatoms. The molecular formula is C15H18N2O4S. The monoisotopic (exact) mass is 322 g/mol. The molecule has 1 aromatic heterocycles. The minimum Gasteiger partial charge on any atom is -0.318 e. The first-order chi connectivity index (χ1) is 10.1. The van der Waals surface area contributed by atoms with Crippen molar-refractivity contribution < 1.29 is 18.0 Å². The number of Topliss-reactive ketones (excluding diaryl/α,β-unsaturated/α-hetero) is 1. The summed E-state index contributed by atoms with van der Waals surface area (Å²) < 4.78 is 23.7. The molecule has 22 heavy (non-hydrogen) atoms. The molecule has 0 bridgehead atoms. The summed E-state index contributed by atoms with van der Waals surface area (Å²) in [7, 11) is -3.56. The first-order valence-electron chi connectivity index (χ1n) is 6.78. The summed E-state index contributed by atoms with van der Waals surface area (Å²) in [5.74, 6) is 2.05. The molecule has 0 aliphatic carbocycles. The number of sulfone groups is 1. The highest BCUT2D eigenvalue weighted by molar-refractivity contribution is 7.92. The van der Waals surface area contributed by atoms with Gasteiger partial charge in [-0.15, -0.1) is 6.42 Å². The Labute approximate surface area is 130 Å². The first kappa shape index (κ1) is 16.3. The number of terminal acetylenes is 1. The van der Waals surface area contributed by atoms with E-state index in [-0.39, 0.29) is 19.0 Å². The standard InChI is InChI=1S/C15H18N2O4S/c1-5-12-8-13-10-16(14(19)17(13)9-12)7-6-15(3,11(2)18)22(4,20)21/h1,8-9H,6-7,10H2,2-4H3/t15-/m1/s1. The van der Waals surface area contributed by atoms with Crippen LogP contribution in [0.1, 0.15) is 31.5 Å². The zero-order valence-electron chi connectivity index (χ0n) is 12.8. The smallest absolute Gasteiger partial charge is 0.318 e. The molecule has 0 saturated carbocycles. The number of ketones is 1. The van der Waals surface area contributed by atoms with E-state index < -0.39 is 20.4 Å². The van der Waals surface area contributed by atoms with E-state index in [2.05, 4.69) is 5.92 Å². The van der Waals surface area contributed by atoms with Crippen LogP contribution in [0.3, 0.4) is 0 Å². The van der Waals surface area contributed by atoms with Crippen molar-refractivity contribution in [3.63, 3.8) is 0 Å². The minimum atomic E-state index is -3.56. The van der Waals surface area contributed by atoms with Crippen LogP contribution >= 0.6 is 0 Å². The fourth-order valence-electron chi connectivity index (χ4n) is 2.45. The normalized spacial score (nSPS) is 17.0. The molecule has 2 rings (SSSR count). The number of aromatic nitrogens is 1. The van der Waals surface area contributed by atoms with Gasteiger partial charge in [0.15, 0.2) is 15.6 Å². The van der Waals surface area contributed by atoms with Gasteiger partial charge in [0.1, 0.15) is 4.75 Å². The quantitative estimate of drug-likeness (QED) is 0.759. The SMILES string of the molecule is C#Cc1cc2n(c1)C(=O)N(CC[C@](C)(C(C)=O)S(C)(=O)=O)C2. The molecule has 0 aromatic carbocycles. The maximum atomic E-state index is 12.2. The van der Waals surface area contributed by atoms with E-state index in [4.69, 9.17) is 6.42 Å². The van der Waals surface area contributed by atoms with Crippen LogP contribution in [0.5, 0.6) is 0 Å². The van der Waals surface area contributed by atoms with E-state index >= 15 is 0 Å². The molecule has 0 spiro atoms. The van der Waals surface area contributed by atoms with Crippen molar-refractivity contribution >= 4 is 21.7 Å². The Morgan fingerprint density at radius 3 is 2.59 bits per heavy atom. The number of hydrogen-bond acceptors (Lipinski definition) is 4. The Hall–Kier alpha value is -2.07. The summed E-state index contributed by atoms with van der Waals surface area (Å²) >= 11 is 0. The van der Waals surface area contributed by atoms with E-state index in [0.29, 0.717) is 12.1 Å². The third-order valence-electron chi connectivity index (χ3n) is 4.32. The van der Waals surface area contributed by atoms with E-state index in [0.717, 1.165) is 11.9 Å². The Morgan fingerprint density at radius 2 is 2.14 bits per heavy atom. The molecular weight excluding hydrogens is 304 g/mol. The van der Waals surface area contributed by atoms with Gasteiger partial charge in [0, 0.05) is 30.3 Å². The number of rotatable bonds is 5. The predicted octanol–water partition coefficient (Wildman–Crippen LogP) is 1.04. The number of nitrogens with zero attached hydrogens (tertiary/aromatic N) is 2. The Kier molecular flexibility index (Phi) is 3.92. The molecule has 0 unspecified atom stereocenters. The highest BCUT2D eigenvalue weighted by Gasteiger charge is 2.41. The largest absolute Gasteiger partial charge is 0.328 e. The molecule has 1 amide bonds. The molecule has 1 atom stereocenters. The highest BCUT2D eigenvalue weighted by atomic mass is 32.2. The predicted molar refractivity (Wildman–Crippen MR) is 82.1 cm³/mol. The van der Waals surface area contributed by atoms with Gasteiger partial charge in [0.05, 0.1) is 6.54 Å². The Balaban J connectivity index is 2.14. The Morgan fingerprint density at radius 1 is 1.50 bits per heavy atom. The summed E-state index contributed by atoms with van der Waals surface area (Å²) in [5.41, 5.74) is 1.40. The highest BCUT2D eigenvalue weighted by Crippen LogP contribution is 2.25. The van der Waals surface area contributed by atoms with Crippen molar-refractivity contribution in [2.45, 2.75) is 31.6 Å². The summed E-state index contributed by atoms with van der Waals surface area (Å²) in [6.07, 6.45) is 7.99. The maximum absolute atomic E-state index is 12.2. The van der Waals surface area contributed by atoms with Crippen LogP contribution in [-0.4, -0.2) is 47.2 Å². The lowest BCUT2D eigenvalue weighted by atomic mass is 10.0. The third kappa shape index (κ3) is 2.55. The molecule has 0 N–H and O–H groups in total. The van der Waals surface area contributed by atoms with E-state index in [1.165, 1.54) is 23.3 Å². The third-order valence-corrected chi connectivity index (χ3v) is 6.45. The average Bonchev–Trinajstić information content (AvgIpc) is 2.94. The van der Waals surface area contributed by atoms with Gasteiger partial charge in [-0.1, -0.05) is 5.92 Å². The van der Waals surface area contributed by atoms with Crippen molar-refractivity contribution in [1.82, 2.24) is 9.47 Å². The number of carbonyl (C=O) groups is 2. The lowest BCUT2D eigenvalue weighted by Crippen LogP contribution is -2.44. The van der Waals surface area contributed by atoms with Crippen molar-refractivity contribution in [2.24, 2.45) is 0 Å². The van der Waals surface area contributed by atoms with Gasteiger partial charge in [-0.25, -0.2) is 13.2 Å². The van der Waals surface area contributed by atoms with E-state index in [1.807, 2.05) is 0 Å². The second kappa shape index (κ2) is 5.29. The topological polar surface area (TPSA) is 76.5 Å². The Bertz CT molecular complexity index is 785.